The Morgan fingerprint density at radius 3 is 2.72 bits per heavy atom. The Kier molecular flexibility index (Phi) is 5.25. The van der Waals surface area contributed by atoms with E-state index in [1.807, 2.05) is 35.7 Å². The smallest absolute Gasteiger partial charge is 0.270 e. The predicted molar refractivity (Wildman–Crippen MR) is 78.0 cm³/mol. The van der Waals surface area contributed by atoms with Crippen LogP contribution in [0.15, 0.2) is 16.7 Å². The molecule has 1 amide bonds. The fourth-order valence-electron chi connectivity index (χ4n) is 2.30. The first-order chi connectivity index (χ1) is 7.99. The topological polar surface area (TPSA) is 51.3 Å². The molecular weight excluding hydrogens is 318 g/mol. The molecule has 0 radical (unpaired) electrons. The zero-order valence-electron chi connectivity index (χ0n) is 10.6. The van der Waals surface area contributed by atoms with E-state index in [0.29, 0.717) is 5.92 Å². The molecule has 1 aliphatic heterocycles. The summed E-state index contributed by atoms with van der Waals surface area (Å²) in [4.78, 5) is 14.2. The summed E-state index contributed by atoms with van der Waals surface area (Å²) in [5.41, 5.74) is 6.61. The molecule has 1 aromatic heterocycles. The van der Waals surface area contributed by atoms with Crippen molar-refractivity contribution in [2.45, 2.75) is 19.4 Å². The minimum Gasteiger partial charge on any atom is -0.345 e. The molecule has 4 nitrogen and oxygen atoms in total. The molecular formula is C12H19BrClN3O. The number of halogens is 2. The summed E-state index contributed by atoms with van der Waals surface area (Å²) in [7, 11) is 1.89. The highest BCUT2D eigenvalue weighted by atomic mass is 79.9. The monoisotopic (exact) mass is 335 g/mol. The van der Waals surface area contributed by atoms with Crippen molar-refractivity contribution in [2.24, 2.45) is 18.7 Å². The van der Waals surface area contributed by atoms with Crippen LogP contribution in [-0.2, 0) is 7.05 Å². The lowest BCUT2D eigenvalue weighted by Crippen LogP contribution is -2.33. The zero-order chi connectivity index (χ0) is 12.6. The van der Waals surface area contributed by atoms with Crippen molar-refractivity contribution in [3.05, 3.63) is 22.4 Å². The highest BCUT2D eigenvalue weighted by molar-refractivity contribution is 9.10. The van der Waals surface area contributed by atoms with Crippen LogP contribution in [0.25, 0.3) is 0 Å². The molecule has 1 aromatic rings. The van der Waals surface area contributed by atoms with Crippen LogP contribution < -0.4 is 5.73 Å². The van der Waals surface area contributed by atoms with Crippen LogP contribution in [-0.4, -0.2) is 34.5 Å². The van der Waals surface area contributed by atoms with E-state index in [1.54, 1.807) is 0 Å². The highest BCUT2D eigenvalue weighted by Gasteiger charge is 2.29. The number of hydrogen-bond donors (Lipinski definition) is 1. The van der Waals surface area contributed by atoms with Gasteiger partial charge in [0.05, 0.1) is 0 Å². The number of nitrogens with zero attached hydrogens (tertiary/aromatic N) is 2. The van der Waals surface area contributed by atoms with Crippen LogP contribution in [0.2, 0.25) is 0 Å². The number of rotatable bonds is 2. The summed E-state index contributed by atoms with van der Waals surface area (Å²) < 4.78 is 2.79. The van der Waals surface area contributed by atoms with Gasteiger partial charge in [-0.15, -0.1) is 12.4 Å². The SMILES string of the molecule is CC(N)C1CCN(C(=O)c2cc(Br)cn2C)C1.Cl. The summed E-state index contributed by atoms with van der Waals surface area (Å²) in [6.45, 7) is 3.60. The molecule has 0 spiro atoms. The van der Waals surface area contributed by atoms with Gasteiger partial charge in [0.2, 0.25) is 0 Å². The highest BCUT2D eigenvalue weighted by Crippen LogP contribution is 2.22. The second-order valence-electron chi connectivity index (χ2n) is 4.81. The van der Waals surface area contributed by atoms with E-state index >= 15 is 0 Å². The maximum Gasteiger partial charge on any atom is 0.270 e. The van der Waals surface area contributed by atoms with Crippen LogP contribution >= 0.6 is 28.3 Å². The zero-order valence-corrected chi connectivity index (χ0v) is 13.0. The molecule has 2 rings (SSSR count). The van der Waals surface area contributed by atoms with E-state index in [0.717, 1.165) is 29.7 Å². The largest absolute Gasteiger partial charge is 0.345 e. The van der Waals surface area contributed by atoms with Gasteiger partial charge < -0.3 is 15.2 Å². The first-order valence-corrected chi connectivity index (χ1v) is 6.65. The first kappa shape index (κ1) is 15.5. The summed E-state index contributed by atoms with van der Waals surface area (Å²) in [5, 5.41) is 0. The fourth-order valence-corrected chi connectivity index (χ4v) is 2.82. The van der Waals surface area contributed by atoms with E-state index in [4.69, 9.17) is 5.73 Å². The fraction of sp³-hybridized carbons (Fsp3) is 0.583. The van der Waals surface area contributed by atoms with E-state index < -0.39 is 0 Å². The first-order valence-electron chi connectivity index (χ1n) is 5.85. The second kappa shape index (κ2) is 6.08. The molecule has 2 unspecified atom stereocenters. The number of amides is 1. The van der Waals surface area contributed by atoms with Crippen LogP contribution in [0.5, 0.6) is 0 Å². The van der Waals surface area contributed by atoms with Crippen LogP contribution in [0, 0.1) is 5.92 Å². The van der Waals surface area contributed by atoms with Gasteiger partial charge in [-0.1, -0.05) is 0 Å². The molecule has 102 valence electrons. The number of carbonyl (C=O) groups is 1. The molecule has 1 saturated heterocycles. The van der Waals surface area contributed by atoms with E-state index in [9.17, 15) is 4.79 Å². The van der Waals surface area contributed by atoms with Gasteiger partial charge in [-0.3, -0.25) is 4.79 Å². The second-order valence-corrected chi connectivity index (χ2v) is 5.73. The minimum atomic E-state index is 0. The van der Waals surface area contributed by atoms with Gasteiger partial charge in [0.1, 0.15) is 5.69 Å². The van der Waals surface area contributed by atoms with Crippen molar-refractivity contribution in [1.29, 1.82) is 0 Å². The normalized spacial score (nSPS) is 20.7. The average Bonchev–Trinajstić information content (AvgIpc) is 2.84. The minimum absolute atomic E-state index is 0. The number of carbonyl (C=O) groups excluding carboxylic acids is 1. The Bertz CT molecular complexity index is 433. The van der Waals surface area contributed by atoms with Crippen molar-refractivity contribution >= 4 is 34.2 Å². The summed E-state index contributed by atoms with van der Waals surface area (Å²) >= 11 is 3.38. The molecule has 0 aromatic carbocycles. The maximum atomic E-state index is 12.3. The average molecular weight is 337 g/mol. The van der Waals surface area contributed by atoms with E-state index in [-0.39, 0.29) is 24.4 Å². The van der Waals surface area contributed by atoms with Gasteiger partial charge in [0.15, 0.2) is 0 Å². The third kappa shape index (κ3) is 3.08. The van der Waals surface area contributed by atoms with Gasteiger partial charge in [-0.25, -0.2) is 0 Å². The summed E-state index contributed by atoms with van der Waals surface area (Å²) in [6, 6.07) is 2.02. The quantitative estimate of drug-likeness (QED) is 0.898. The number of aryl methyl sites for hydroxylation is 1. The van der Waals surface area contributed by atoms with Crippen molar-refractivity contribution in [1.82, 2.24) is 9.47 Å². The molecule has 18 heavy (non-hydrogen) atoms. The molecule has 1 fully saturated rings. The van der Waals surface area contributed by atoms with Gasteiger partial charge >= 0.3 is 0 Å². The molecule has 2 N–H and O–H groups in total. The standard InChI is InChI=1S/C12H18BrN3O.ClH/c1-8(14)9-3-4-16(6-9)12(17)11-5-10(13)7-15(11)2;/h5,7-9H,3-4,6,14H2,1-2H3;1H. The van der Waals surface area contributed by atoms with Gasteiger partial charge in [-0.05, 0) is 41.3 Å². The summed E-state index contributed by atoms with van der Waals surface area (Å²) in [5.74, 6) is 0.531. The third-order valence-electron chi connectivity index (χ3n) is 3.45. The molecule has 1 aliphatic rings. The molecule has 0 saturated carbocycles. The van der Waals surface area contributed by atoms with E-state index in [2.05, 4.69) is 15.9 Å². The van der Waals surface area contributed by atoms with Gasteiger partial charge in [0.25, 0.3) is 5.91 Å². The maximum absolute atomic E-state index is 12.3. The Morgan fingerprint density at radius 1 is 1.61 bits per heavy atom. The van der Waals surface area contributed by atoms with Crippen molar-refractivity contribution in [2.75, 3.05) is 13.1 Å². The molecule has 0 bridgehead atoms. The predicted octanol–water partition coefficient (Wildman–Crippen LogP) is 2.02. The molecule has 2 atom stereocenters. The molecule has 6 heteroatoms. The van der Waals surface area contributed by atoms with Crippen LogP contribution in [0.4, 0.5) is 0 Å². The Morgan fingerprint density at radius 2 is 2.28 bits per heavy atom. The van der Waals surface area contributed by atoms with Crippen LogP contribution in [0.1, 0.15) is 23.8 Å². The van der Waals surface area contributed by atoms with Crippen LogP contribution in [0.3, 0.4) is 0 Å². The van der Waals surface area contributed by atoms with Gasteiger partial charge in [0, 0.05) is 36.8 Å². The molecule has 2 heterocycles. The number of nitrogens with two attached hydrogens (primary N) is 1. The number of likely N-dealkylation sites (tertiary alicyclic amines) is 1. The van der Waals surface area contributed by atoms with Gasteiger partial charge in [-0.2, -0.15) is 0 Å². The Balaban J connectivity index is 0.00000162. The van der Waals surface area contributed by atoms with E-state index in [1.165, 1.54) is 0 Å². The third-order valence-corrected chi connectivity index (χ3v) is 3.88. The van der Waals surface area contributed by atoms with Crippen molar-refractivity contribution in [3.8, 4) is 0 Å². The lowest BCUT2D eigenvalue weighted by atomic mass is 10.0. The number of aromatic nitrogens is 1. The van der Waals surface area contributed by atoms with Crippen molar-refractivity contribution < 1.29 is 4.79 Å². The van der Waals surface area contributed by atoms with Crippen molar-refractivity contribution in [3.63, 3.8) is 0 Å². The Hall–Kier alpha value is -0.520. The lowest BCUT2D eigenvalue weighted by Gasteiger charge is -2.18. The lowest BCUT2D eigenvalue weighted by molar-refractivity contribution is 0.0776. The summed E-state index contributed by atoms with van der Waals surface area (Å²) in [6.07, 6.45) is 2.90. The number of hydrogen-bond acceptors (Lipinski definition) is 2. The Labute approximate surface area is 122 Å². The molecule has 0 aliphatic carbocycles.